The zero-order chi connectivity index (χ0) is 21.2. The summed E-state index contributed by atoms with van der Waals surface area (Å²) in [7, 11) is -3.58. The average molecular weight is 457 g/mol. The Morgan fingerprint density at radius 3 is 2.31 bits per heavy atom. The highest BCUT2D eigenvalue weighted by molar-refractivity contribution is 7.89. The zero-order valence-corrected chi connectivity index (χ0v) is 18.5. The molecule has 0 spiro atoms. The number of hydrogen-bond acceptors (Lipinski definition) is 4. The van der Waals surface area contributed by atoms with Crippen molar-refractivity contribution in [3.8, 4) is 5.75 Å². The van der Waals surface area contributed by atoms with Crippen LogP contribution in [-0.4, -0.2) is 56.3 Å². The fourth-order valence-corrected chi connectivity index (χ4v) is 5.00. The van der Waals surface area contributed by atoms with Gasteiger partial charge in [-0.05, 0) is 55.3 Å². The molecule has 0 aliphatic carbocycles. The van der Waals surface area contributed by atoms with E-state index in [4.69, 9.17) is 27.9 Å². The van der Waals surface area contributed by atoms with E-state index in [1.165, 1.54) is 4.31 Å². The lowest BCUT2D eigenvalue weighted by Crippen LogP contribution is -2.51. The molecule has 0 N–H and O–H groups in total. The van der Waals surface area contributed by atoms with Gasteiger partial charge in [0.25, 0.3) is 5.91 Å². The van der Waals surface area contributed by atoms with Gasteiger partial charge < -0.3 is 9.64 Å². The number of sulfonamides is 1. The Kier molecular flexibility index (Phi) is 6.73. The van der Waals surface area contributed by atoms with Gasteiger partial charge in [0.1, 0.15) is 5.75 Å². The predicted molar refractivity (Wildman–Crippen MR) is 113 cm³/mol. The van der Waals surface area contributed by atoms with Crippen LogP contribution in [0.1, 0.15) is 11.1 Å². The number of carbonyl (C=O) groups is 1. The Morgan fingerprint density at radius 1 is 1.00 bits per heavy atom. The van der Waals surface area contributed by atoms with Gasteiger partial charge in [-0.1, -0.05) is 29.3 Å². The molecule has 0 unspecified atom stereocenters. The van der Waals surface area contributed by atoms with Gasteiger partial charge in [0, 0.05) is 31.2 Å². The van der Waals surface area contributed by atoms with Crippen LogP contribution in [0.2, 0.25) is 10.0 Å². The first-order valence-corrected chi connectivity index (χ1v) is 11.3. The first-order chi connectivity index (χ1) is 13.7. The van der Waals surface area contributed by atoms with Crippen molar-refractivity contribution >= 4 is 39.1 Å². The second-order valence-electron chi connectivity index (χ2n) is 6.89. The monoisotopic (exact) mass is 456 g/mol. The first kappa shape index (κ1) is 21.9. The van der Waals surface area contributed by atoms with Crippen molar-refractivity contribution in [1.29, 1.82) is 0 Å². The van der Waals surface area contributed by atoms with E-state index in [0.717, 1.165) is 11.1 Å². The van der Waals surface area contributed by atoms with Crippen LogP contribution in [0.5, 0.6) is 5.75 Å². The molecule has 6 nitrogen and oxygen atoms in total. The minimum atomic E-state index is -3.58. The third-order valence-electron chi connectivity index (χ3n) is 4.95. The highest BCUT2D eigenvalue weighted by Gasteiger charge is 2.30. The molecule has 0 radical (unpaired) electrons. The number of hydrogen-bond donors (Lipinski definition) is 0. The Balaban J connectivity index is 1.58. The number of amides is 1. The summed E-state index contributed by atoms with van der Waals surface area (Å²) in [5.74, 6) is 0.152. The summed E-state index contributed by atoms with van der Waals surface area (Å²) in [5, 5.41) is 0.810. The zero-order valence-electron chi connectivity index (χ0n) is 16.2. The van der Waals surface area contributed by atoms with Gasteiger partial charge in [0.2, 0.25) is 10.0 Å². The van der Waals surface area contributed by atoms with Crippen molar-refractivity contribution in [3.63, 3.8) is 0 Å². The van der Waals surface area contributed by atoms with E-state index < -0.39 is 10.0 Å². The van der Waals surface area contributed by atoms with E-state index in [2.05, 4.69) is 0 Å². The van der Waals surface area contributed by atoms with Gasteiger partial charge in [-0.15, -0.1) is 0 Å². The number of rotatable bonds is 5. The minimum absolute atomic E-state index is 0.175. The van der Waals surface area contributed by atoms with Crippen LogP contribution in [0.15, 0.2) is 41.3 Å². The maximum absolute atomic E-state index is 12.9. The van der Waals surface area contributed by atoms with E-state index in [0.29, 0.717) is 28.9 Å². The van der Waals surface area contributed by atoms with Crippen LogP contribution in [-0.2, 0) is 14.8 Å². The van der Waals surface area contributed by atoms with E-state index in [1.807, 2.05) is 13.8 Å². The summed E-state index contributed by atoms with van der Waals surface area (Å²) in [6.07, 6.45) is 0. The minimum Gasteiger partial charge on any atom is -0.482 e. The van der Waals surface area contributed by atoms with Crippen molar-refractivity contribution in [2.24, 2.45) is 0 Å². The Morgan fingerprint density at radius 2 is 1.69 bits per heavy atom. The van der Waals surface area contributed by atoms with Crippen LogP contribution in [0.4, 0.5) is 0 Å². The van der Waals surface area contributed by atoms with E-state index in [1.54, 1.807) is 41.3 Å². The summed E-state index contributed by atoms with van der Waals surface area (Å²) in [5.41, 5.74) is 1.97. The number of ether oxygens (including phenoxy) is 1. The maximum Gasteiger partial charge on any atom is 0.260 e. The molecule has 0 atom stereocenters. The van der Waals surface area contributed by atoms with Gasteiger partial charge >= 0.3 is 0 Å². The van der Waals surface area contributed by atoms with E-state index in [9.17, 15) is 13.2 Å². The van der Waals surface area contributed by atoms with Gasteiger partial charge in [-0.3, -0.25) is 4.79 Å². The molecule has 1 heterocycles. The summed E-state index contributed by atoms with van der Waals surface area (Å²) in [4.78, 5) is 14.3. The van der Waals surface area contributed by atoms with Crippen molar-refractivity contribution in [2.75, 3.05) is 32.8 Å². The SMILES string of the molecule is Cc1ccc(S(=O)(=O)N2CCN(C(=O)COc3ccc(Cl)cc3Cl)CC2)cc1C. The molecule has 2 aromatic rings. The van der Waals surface area contributed by atoms with Crippen molar-refractivity contribution in [3.05, 3.63) is 57.6 Å². The molecule has 3 rings (SSSR count). The van der Waals surface area contributed by atoms with Crippen LogP contribution in [0.3, 0.4) is 0 Å². The molecule has 2 aromatic carbocycles. The molecule has 1 aliphatic rings. The third kappa shape index (κ3) is 5.04. The normalized spacial score (nSPS) is 15.4. The Hall–Kier alpha value is -1.80. The van der Waals surface area contributed by atoms with Crippen LogP contribution in [0.25, 0.3) is 0 Å². The second-order valence-corrected chi connectivity index (χ2v) is 9.68. The smallest absolute Gasteiger partial charge is 0.260 e. The Labute approximate surface area is 181 Å². The topological polar surface area (TPSA) is 66.9 Å². The fourth-order valence-electron chi connectivity index (χ4n) is 3.02. The van der Waals surface area contributed by atoms with Gasteiger partial charge in [0.15, 0.2) is 6.61 Å². The molecule has 0 saturated carbocycles. The van der Waals surface area contributed by atoms with Crippen LogP contribution < -0.4 is 4.74 Å². The molecule has 1 amide bonds. The molecular formula is C20H22Cl2N2O4S. The number of aryl methyl sites for hydroxylation is 2. The molecule has 1 fully saturated rings. The lowest BCUT2D eigenvalue weighted by atomic mass is 10.1. The summed E-state index contributed by atoms with van der Waals surface area (Å²) >= 11 is 11.9. The predicted octanol–water partition coefficient (Wildman–Crippen LogP) is 3.52. The standard InChI is InChI=1S/C20H22Cl2N2O4S/c1-14-3-5-17(11-15(14)2)29(26,27)24-9-7-23(8-10-24)20(25)13-28-19-6-4-16(21)12-18(19)22/h3-6,11-12H,7-10,13H2,1-2H3. The molecule has 0 bridgehead atoms. The molecule has 0 aromatic heterocycles. The molecular weight excluding hydrogens is 435 g/mol. The second kappa shape index (κ2) is 8.92. The first-order valence-electron chi connectivity index (χ1n) is 9.11. The van der Waals surface area contributed by atoms with Crippen LogP contribution >= 0.6 is 23.2 Å². The lowest BCUT2D eigenvalue weighted by molar-refractivity contribution is -0.134. The van der Waals surface area contributed by atoms with E-state index >= 15 is 0 Å². The third-order valence-corrected chi connectivity index (χ3v) is 7.38. The Bertz CT molecular complexity index is 1020. The molecule has 1 aliphatic heterocycles. The van der Waals surface area contributed by atoms with Crippen molar-refractivity contribution < 1.29 is 17.9 Å². The van der Waals surface area contributed by atoms with E-state index in [-0.39, 0.29) is 30.5 Å². The number of benzene rings is 2. The highest BCUT2D eigenvalue weighted by Crippen LogP contribution is 2.27. The summed E-state index contributed by atoms with van der Waals surface area (Å²) < 4.78 is 32.6. The number of nitrogens with zero attached hydrogens (tertiary/aromatic N) is 2. The highest BCUT2D eigenvalue weighted by atomic mass is 35.5. The summed E-state index contributed by atoms with van der Waals surface area (Å²) in [6.45, 7) is 4.74. The fraction of sp³-hybridized carbons (Fsp3) is 0.350. The largest absolute Gasteiger partial charge is 0.482 e. The molecule has 1 saturated heterocycles. The number of piperazine rings is 1. The average Bonchev–Trinajstić information content (AvgIpc) is 2.69. The summed E-state index contributed by atoms with van der Waals surface area (Å²) in [6, 6.07) is 9.89. The van der Waals surface area contributed by atoms with Crippen molar-refractivity contribution in [2.45, 2.75) is 18.7 Å². The van der Waals surface area contributed by atoms with Gasteiger partial charge in [-0.2, -0.15) is 4.31 Å². The molecule has 9 heteroatoms. The van der Waals surface area contributed by atoms with Crippen LogP contribution in [0, 0.1) is 13.8 Å². The number of carbonyl (C=O) groups excluding carboxylic acids is 1. The van der Waals surface area contributed by atoms with Crippen molar-refractivity contribution in [1.82, 2.24) is 9.21 Å². The lowest BCUT2D eigenvalue weighted by Gasteiger charge is -2.34. The quantitative estimate of drug-likeness (QED) is 0.689. The van der Waals surface area contributed by atoms with Gasteiger partial charge in [-0.25, -0.2) is 8.42 Å². The molecule has 156 valence electrons. The molecule has 29 heavy (non-hydrogen) atoms. The number of halogens is 2. The maximum atomic E-state index is 12.9. The van der Waals surface area contributed by atoms with Gasteiger partial charge in [0.05, 0.1) is 9.92 Å².